The molecule has 0 fully saturated rings. The number of carboxylic acid groups (broad SMARTS) is 1. The first kappa shape index (κ1) is 25.3. The summed E-state index contributed by atoms with van der Waals surface area (Å²) in [5, 5.41) is 18.9. The Balaban J connectivity index is 1.74. The van der Waals surface area contributed by atoms with Crippen LogP contribution in [0.25, 0.3) is 12.2 Å². The van der Waals surface area contributed by atoms with Crippen LogP contribution in [0.15, 0.2) is 59.5 Å². The molecule has 0 radical (unpaired) electrons. The maximum Gasteiger partial charge on any atom is 0.303 e. The number of carboxylic acids is 1. The number of hydrogen-bond donors (Lipinski definition) is 2. The number of anilines is 1. The van der Waals surface area contributed by atoms with Crippen molar-refractivity contribution in [3.8, 4) is 11.5 Å². The molecule has 1 heterocycles. The molecule has 0 saturated carbocycles. The highest BCUT2D eigenvalue weighted by molar-refractivity contribution is 7.92. The fraction of sp³-hybridized carbons (Fsp3) is 0.250. The van der Waals surface area contributed by atoms with Gasteiger partial charge in [0.15, 0.2) is 0 Å². The highest BCUT2D eigenvalue weighted by atomic mass is 32.2. The quantitative estimate of drug-likeness (QED) is 0.420. The Labute approximate surface area is 211 Å². The van der Waals surface area contributed by atoms with Crippen molar-refractivity contribution in [3.63, 3.8) is 0 Å². The lowest BCUT2D eigenvalue weighted by Crippen LogP contribution is -2.43. The molecule has 36 heavy (non-hydrogen) atoms. The van der Waals surface area contributed by atoms with Crippen molar-refractivity contribution in [2.75, 3.05) is 10.8 Å². The largest absolute Gasteiger partial charge is 0.508 e. The second kappa shape index (κ2) is 10.1. The van der Waals surface area contributed by atoms with E-state index in [-0.39, 0.29) is 30.0 Å². The number of hydrogen-bond acceptors (Lipinski definition) is 5. The van der Waals surface area contributed by atoms with Crippen molar-refractivity contribution in [1.82, 2.24) is 0 Å². The second-order valence-electron chi connectivity index (χ2n) is 9.08. The third kappa shape index (κ3) is 5.39. The van der Waals surface area contributed by atoms with Gasteiger partial charge in [-0.2, -0.15) is 0 Å². The highest BCUT2D eigenvalue weighted by Crippen LogP contribution is 2.39. The van der Waals surface area contributed by atoms with Crippen molar-refractivity contribution < 1.29 is 28.2 Å². The van der Waals surface area contributed by atoms with Crippen LogP contribution in [0.4, 0.5) is 5.69 Å². The van der Waals surface area contributed by atoms with Crippen LogP contribution in [0.2, 0.25) is 0 Å². The predicted molar refractivity (Wildman–Crippen MR) is 140 cm³/mol. The van der Waals surface area contributed by atoms with Crippen LogP contribution in [-0.2, 0) is 14.8 Å². The van der Waals surface area contributed by atoms with Gasteiger partial charge in [-0.1, -0.05) is 30.4 Å². The predicted octanol–water partition coefficient (Wildman–Crippen LogP) is 5.31. The Hall–Kier alpha value is -3.78. The number of phenols is 1. The lowest BCUT2D eigenvalue weighted by atomic mass is 10.0. The summed E-state index contributed by atoms with van der Waals surface area (Å²) in [6.07, 6.45) is 3.31. The number of sulfonamides is 1. The lowest BCUT2D eigenvalue weighted by molar-refractivity contribution is -0.137. The number of aliphatic carboxylic acids is 1. The Morgan fingerprint density at radius 3 is 2.44 bits per heavy atom. The first-order chi connectivity index (χ1) is 17.0. The van der Waals surface area contributed by atoms with Crippen molar-refractivity contribution >= 4 is 33.8 Å². The summed E-state index contributed by atoms with van der Waals surface area (Å²) in [7, 11) is -3.92. The summed E-state index contributed by atoms with van der Waals surface area (Å²) >= 11 is 0. The van der Waals surface area contributed by atoms with E-state index in [4.69, 9.17) is 9.84 Å². The van der Waals surface area contributed by atoms with Gasteiger partial charge in [0.2, 0.25) is 0 Å². The number of rotatable bonds is 7. The molecule has 0 aliphatic carbocycles. The van der Waals surface area contributed by atoms with E-state index in [1.807, 2.05) is 45.1 Å². The van der Waals surface area contributed by atoms with Crippen LogP contribution in [0.5, 0.6) is 11.5 Å². The fourth-order valence-electron chi connectivity index (χ4n) is 4.39. The zero-order chi connectivity index (χ0) is 26.0. The number of aromatic hydroxyl groups is 1. The molecule has 2 N–H and O–H groups in total. The van der Waals surface area contributed by atoms with Crippen molar-refractivity contribution in [1.29, 1.82) is 0 Å². The molecule has 3 aromatic carbocycles. The molecule has 8 heteroatoms. The van der Waals surface area contributed by atoms with Gasteiger partial charge in [-0.25, -0.2) is 8.42 Å². The molecule has 0 spiro atoms. The third-order valence-electron chi connectivity index (χ3n) is 6.19. The van der Waals surface area contributed by atoms with Gasteiger partial charge < -0.3 is 14.9 Å². The molecule has 0 unspecified atom stereocenters. The fourth-order valence-corrected chi connectivity index (χ4v) is 6.00. The summed E-state index contributed by atoms with van der Waals surface area (Å²) in [6, 6.07) is 15.4. The zero-order valence-electron chi connectivity index (χ0n) is 20.4. The molecule has 4 rings (SSSR count). The summed E-state index contributed by atoms with van der Waals surface area (Å²) in [5.74, 6) is -0.359. The van der Waals surface area contributed by atoms with Crippen LogP contribution in [-0.4, -0.2) is 37.2 Å². The first-order valence-corrected chi connectivity index (χ1v) is 13.1. The van der Waals surface area contributed by atoms with Crippen LogP contribution in [0.3, 0.4) is 0 Å². The van der Waals surface area contributed by atoms with Gasteiger partial charge in [-0.15, -0.1) is 0 Å². The van der Waals surface area contributed by atoms with E-state index in [9.17, 15) is 18.3 Å². The number of carbonyl (C=O) groups is 1. The summed E-state index contributed by atoms with van der Waals surface area (Å²) < 4.78 is 34.8. The van der Waals surface area contributed by atoms with Crippen molar-refractivity contribution in [2.24, 2.45) is 0 Å². The maximum absolute atomic E-state index is 13.7. The average Bonchev–Trinajstić information content (AvgIpc) is 2.81. The van der Waals surface area contributed by atoms with Gasteiger partial charge in [0.1, 0.15) is 17.6 Å². The van der Waals surface area contributed by atoms with Gasteiger partial charge in [0.05, 0.1) is 17.1 Å². The minimum absolute atomic E-state index is 0.0138. The van der Waals surface area contributed by atoms with E-state index in [1.165, 1.54) is 4.31 Å². The average molecular weight is 508 g/mol. The number of aryl methyl sites for hydroxylation is 3. The second-order valence-corrected chi connectivity index (χ2v) is 10.9. The first-order valence-electron chi connectivity index (χ1n) is 11.6. The normalized spacial score (nSPS) is 15.5. The Morgan fingerprint density at radius 2 is 1.78 bits per heavy atom. The molecule has 188 valence electrons. The van der Waals surface area contributed by atoms with Crippen LogP contribution >= 0.6 is 0 Å². The maximum atomic E-state index is 13.7. The van der Waals surface area contributed by atoms with Crippen molar-refractivity contribution in [2.45, 2.75) is 44.6 Å². The van der Waals surface area contributed by atoms with E-state index in [0.29, 0.717) is 11.4 Å². The van der Waals surface area contributed by atoms with E-state index in [1.54, 1.807) is 42.5 Å². The molecule has 1 atom stereocenters. The topological polar surface area (TPSA) is 104 Å². The number of nitrogens with zero attached hydrogens (tertiary/aromatic N) is 1. The van der Waals surface area contributed by atoms with Gasteiger partial charge >= 0.3 is 5.97 Å². The zero-order valence-corrected chi connectivity index (χ0v) is 21.2. The number of phenolic OH excluding ortho intramolecular Hbond substituents is 1. The monoisotopic (exact) mass is 507 g/mol. The Kier molecular flexibility index (Phi) is 7.08. The summed E-state index contributed by atoms with van der Waals surface area (Å²) in [4.78, 5) is 11.3. The number of benzene rings is 3. The molecule has 0 amide bonds. The standard InChI is InChI=1S/C28H29NO6S/c1-18-5-4-6-24(13-18)36(33,34)29-17-23(9-12-28(31)32)35-27-11-8-21(16-26(27)29)7-10-25-19(2)14-22(30)15-20(25)3/h4-8,10-11,13-16,23,30H,9,12,17H2,1-3H3,(H,31,32)/b10-7+/t23-/m0/s1. The molecule has 0 saturated heterocycles. The number of ether oxygens (including phenoxy) is 1. The van der Waals surface area contributed by atoms with Crippen molar-refractivity contribution in [3.05, 3.63) is 82.4 Å². The van der Waals surface area contributed by atoms with Gasteiger partial charge in [-0.05, 0) is 91.4 Å². The van der Waals surface area contributed by atoms with E-state index < -0.39 is 22.1 Å². The molecule has 0 aromatic heterocycles. The lowest BCUT2D eigenvalue weighted by Gasteiger charge is -2.35. The van der Waals surface area contributed by atoms with Gasteiger partial charge in [0, 0.05) is 6.42 Å². The van der Waals surface area contributed by atoms with Crippen LogP contribution in [0.1, 0.15) is 40.7 Å². The minimum Gasteiger partial charge on any atom is -0.508 e. The van der Waals surface area contributed by atoms with E-state index >= 15 is 0 Å². The molecular formula is C28H29NO6S. The third-order valence-corrected chi connectivity index (χ3v) is 7.97. The molecule has 1 aliphatic heterocycles. The number of fused-ring (bicyclic) bond motifs is 1. The molecule has 0 bridgehead atoms. The summed E-state index contributed by atoms with van der Waals surface area (Å²) in [6.45, 7) is 5.68. The summed E-state index contributed by atoms with van der Waals surface area (Å²) in [5.41, 5.74) is 4.83. The van der Waals surface area contributed by atoms with E-state index in [0.717, 1.165) is 27.8 Å². The highest BCUT2D eigenvalue weighted by Gasteiger charge is 2.35. The Bertz CT molecular complexity index is 1420. The van der Waals surface area contributed by atoms with E-state index in [2.05, 4.69) is 0 Å². The van der Waals surface area contributed by atoms with Crippen LogP contribution < -0.4 is 9.04 Å². The van der Waals surface area contributed by atoms with Gasteiger partial charge in [0.25, 0.3) is 10.0 Å². The Morgan fingerprint density at radius 1 is 1.06 bits per heavy atom. The minimum atomic E-state index is -3.92. The SMILES string of the molecule is Cc1cccc(S(=O)(=O)N2C[C@H](CCC(=O)O)Oc3ccc(/C=C/c4c(C)cc(O)cc4C)cc32)c1. The molecular weight excluding hydrogens is 478 g/mol. The van der Waals surface area contributed by atoms with Gasteiger partial charge in [-0.3, -0.25) is 9.10 Å². The smallest absolute Gasteiger partial charge is 0.303 e. The molecule has 3 aromatic rings. The molecule has 1 aliphatic rings. The molecule has 7 nitrogen and oxygen atoms in total. The van der Waals surface area contributed by atoms with Crippen LogP contribution in [0, 0.1) is 20.8 Å².